The molecule has 2 aromatic rings. The SMILES string of the molecule is COC(=O)c1cc2cc3c(cc2s1)OCCC3=O. The van der Waals surface area contributed by atoms with E-state index in [4.69, 9.17) is 4.74 Å². The Bertz CT molecular complexity index is 656. The molecule has 0 spiro atoms. The standard InChI is InChI=1S/C13H10O4S/c1-16-13(15)12-5-7-4-8-9(14)2-3-17-10(8)6-11(7)18-12/h4-6H,2-3H2,1H3. The van der Waals surface area contributed by atoms with Crippen LogP contribution < -0.4 is 4.74 Å². The van der Waals surface area contributed by atoms with Gasteiger partial charge in [-0.1, -0.05) is 0 Å². The number of carbonyl (C=O) groups is 2. The molecule has 0 saturated heterocycles. The van der Waals surface area contributed by atoms with Crippen LogP contribution >= 0.6 is 11.3 Å². The molecule has 1 aromatic heterocycles. The van der Waals surface area contributed by atoms with Gasteiger partial charge in [-0.2, -0.15) is 0 Å². The first kappa shape index (κ1) is 11.2. The molecule has 0 saturated carbocycles. The predicted octanol–water partition coefficient (Wildman–Crippen LogP) is 2.65. The average Bonchev–Trinajstić information content (AvgIpc) is 2.79. The summed E-state index contributed by atoms with van der Waals surface area (Å²) in [5.41, 5.74) is 0.600. The number of fused-ring (bicyclic) bond motifs is 2. The maximum atomic E-state index is 11.8. The van der Waals surface area contributed by atoms with Gasteiger partial charge in [-0.3, -0.25) is 4.79 Å². The van der Waals surface area contributed by atoms with Crippen LogP contribution in [0.15, 0.2) is 18.2 Å². The van der Waals surface area contributed by atoms with Gasteiger partial charge in [0.25, 0.3) is 0 Å². The van der Waals surface area contributed by atoms with Crippen molar-refractivity contribution in [1.29, 1.82) is 0 Å². The van der Waals surface area contributed by atoms with E-state index < -0.39 is 0 Å². The van der Waals surface area contributed by atoms with Crippen molar-refractivity contribution in [1.82, 2.24) is 0 Å². The number of rotatable bonds is 1. The third kappa shape index (κ3) is 1.67. The van der Waals surface area contributed by atoms with E-state index in [9.17, 15) is 9.59 Å². The lowest BCUT2D eigenvalue weighted by atomic mass is 10.0. The first-order valence-electron chi connectivity index (χ1n) is 5.51. The minimum Gasteiger partial charge on any atom is -0.492 e. The lowest BCUT2D eigenvalue weighted by Gasteiger charge is -2.15. The van der Waals surface area contributed by atoms with Gasteiger partial charge in [0.2, 0.25) is 0 Å². The van der Waals surface area contributed by atoms with Crippen LogP contribution in [0.25, 0.3) is 10.1 Å². The third-order valence-electron chi connectivity index (χ3n) is 2.89. The molecular weight excluding hydrogens is 252 g/mol. The Hall–Kier alpha value is -1.88. The van der Waals surface area contributed by atoms with Gasteiger partial charge in [-0.05, 0) is 23.6 Å². The van der Waals surface area contributed by atoms with E-state index in [-0.39, 0.29) is 11.8 Å². The second-order valence-corrected chi connectivity index (χ2v) is 5.09. The van der Waals surface area contributed by atoms with Crippen molar-refractivity contribution in [2.24, 2.45) is 0 Å². The normalized spacial score (nSPS) is 14.2. The van der Waals surface area contributed by atoms with E-state index in [1.54, 1.807) is 12.1 Å². The number of ether oxygens (including phenoxy) is 2. The first-order chi connectivity index (χ1) is 8.69. The van der Waals surface area contributed by atoms with Gasteiger partial charge < -0.3 is 9.47 Å². The van der Waals surface area contributed by atoms with E-state index in [0.717, 1.165) is 10.1 Å². The zero-order chi connectivity index (χ0) is 12.7. The molecule has 1 aliphatic rings. The highest BCUT2D eigenvalue weighted by atomic mass is 32.1. The van der Waals surface area contributed by atoms with Crippen LogP contribution in [0.5, 0.6) is 5.75 Å². The van der Waals surface area contributed by atoms with Gasteiger partial charge in [-0.15, -0.1) is 11.3 Å². The molecule has 4 nitrogen and oxygen atoms in total. The Labute approximate surface area is 107 Å². The first-order valence-corrected chi connectivity index (χ1v) is 6.32. The smallest absolute Gasteiger partial charge is 0.348 e. The molecule has 18 heavy (non-hydrogen) atoms. The second kappa shape index (κ2) is 4.10. The molecule has 1 aromatic carbocycles. The summed E-state index contributed by atoms with van der Waals surface area (Å²) >= 11 is 1.34. The summed E-state index contributed by atoms with van der Waals surface area (Å²) in [5.74, 6) is 0.336. The number of methoxy groups -OCH3 is 1. The number of hydrogen-bond donors (Lipinski definition) is 0. The fourth-order valence-corrected chi connectivity index (χ4v) is 2.99. The Morgan fingerprint density at radius 2 is 2.22 bits per heavy atom. The van der Waals surface area contributed by atoms with Crippen molar-refractivity contribution < 1.29 is 19.1 Å². The topological polar surface area (TPSA) is 52.6 Å². The number of Topliss-reactive ketones (excluding diaryl/α,β-unsaturated/α-hetero) is 1. The Morgan fingerprint density at radius 1 is 1.39 bits per heavy atom. The zero-order valence-electron chi connectivity index (χ0n) is 9.69. The van der Waals surface area contributed by atoms with Crippen LogP contribution in [-0.2, 0) is 4.74 Å². The van der Waals surface area contributed by atoms with E-state index in [1.807, 2.05) is 6.07 Å². The number of hydrogen-bond acceptors (Lipinski definition) is 5. The number of thiophene rings is 1. The highest BCUT2D eigenvalue weighted by Crippen LogP contribution is 2.34. The van der Waals surface area contributed by atoms with Gasteiger partial charge in [0.1, 0.15) is 10.6 Å². The van der Waals surface area contributed by atoms with Crippen molar-refractivity contribution in [2.75, 3.05) is 13.7 Å². The van der Waals surface area contributed by atoms with Gasteiger partial charge in [-0.25, -0.2) is 4.79 Å². The summed E-state index contributed by atoms with van der Waals surface area (Å²) in [4.78, 5) is 23.7. The Morgan fingerprint density at radius 3 is 3.00 bits per heavy atom. The average molecular weight is 262 g/mol. The molecule has 0 N–H and O–H groups in total. The monoisotopic (exact) mass is 262 g/mol. The van der Waals surface area contributed by atoms with Crippen molar-refractivity contribution in [3.05, 3.63) is 28.6 Å². The van der Waals surface area contributed by atoms with E-state index in [2.05, 4.69) is 4.74 Å². The summed E-state index contributed by atoms with van der Waals surface area (Å²) < 4.78 is 11.1. The summed E-state index contributed by atoms with van der Waals surface area (Å²) in [6.45, 7) is 0.423. The van der Waals surface area contributed by atoms with Crippen LogP contribution in [0.1, 0.15) is 26.5 Å². The lowest BCUT2D eigenvalue weighted by molar-refractivity contribution is 0.0606. The molecule has 0 atom stereocenters. The molecule has 1 aliphatic heterocycles. The van der Waals surface area contributed by atoms with Gasteiger partial charge >= 0.3 is 5.97 Å². The van der Waals surface area contributed by atoms with Crippen LogP contribution in [0.3, 0.4) is 0 Å². The summed E-state index contributed by atoms with van der Waals surface area (Å²) in [5, 5.41) is 0.873. The Kier molecular flexibility index (Phi) is 2.56. The number of esters is 1. The van der Waals surface area contributed by atoms with E-state index in [0.29, 0.717) is 29.2 Å². The fraction of sp³-hybridized carbons (Fsp3) is 0.231. The van der Waals surface area contributed by atoms with Gasteiger partial charge in [0, 0.05) is 11.1 Å². The summed E-state index contributed by atoms with van der Waals surface area (Å²) in [6, 6.07) is 5.35. The van der Waals surface area contributed by atoms with Crippen LogP contribution in [0.4, 0.5) is 0 Å². The molecule has 92 valence electrons. The molecule has 3 rings (SSSR count). The van der Waals surface area contributed by atoms with E-state index >= 15 is 0 Å². The quantitative estimate of drug-likeness (QED) is 0.741. The second-order valence-electron chi connectivity index (χ2n) is 4.01. The summed E-state index contributed by atoms with van der Waals surface area (Å²) in [6.07, 6.45) is 0.409. The molecular formula is C13H10O4S. The third-order valence-corrected chi connectivity index (χ3v) is 3.97. The van der Waals surface area contributed by atoms with Crippen molar-refractivity contribution in [3.63, 3.8) is 0 Å². The maximum absolute atomic E-state index is 11.8. The summed E-state index contributed by atoms with van der Waals surface area (Å²) in [7, 11) is 1.35. The lowest BCUT2D eigenvalue weighted by Crippen LogP contribution is -2.14. The highest BCUT2D eigenvalue weighted by Gasteiger charge is 2.20. The fourth-order valence-electron chi connectivity index (χ4n) is 2.00. The van der Waals surface area contributed by atoms with Gasteiger partial charge in [0.05, 0.1) is 19.3 Å². The largest absolute Gasteiger partial charge is 0.492 e. The van der Waals surface area contributed by atoms with Crippen molar-refractivity contribution >= 4 is 33.2 Å². The molecule has 5 heteroatoms. The molecule has 0 bridgehead atoms. The van der Waals surface area contributed by atoms with Gasteiger partial charge in [0.15, 0.2) is 5.78 Å². The number of carbonyl (C=O) groups excluding carboxylic acids is 2. The minimum atomic E-state index is -0.360. The molecule has 2 heterocycles. The number of ketones is 1. The molecule has 0 unspecified atom stereocenters. The molecule has 0 aliphatic carbocycles. The Balaban J connectivity index is 2.17. The van der Waals surface area contributed by atoms with Crippen LogP contribution in [-0.4, -0.2) is 25.5 Å². The predicted molar refractivity (Wildman–Crippen MR) is 67.6 cm³/mol. The highest BCUT2D eigenvalue weighted by molar-refractivity contribution is 7.20. The minimum absolute atomic E-state index is 0.0870. The maximum Gasteiger partial charge on any atom is 0.348 e. The number of benzene rings is 1. The molecule has 0 fully saturated rings. The zero-order valence-corrected chi connectivity index (χ0v) is 10.5. The van der Waals surface area contributed by atoms with Crippen molar-refractivity contribution in [3.8, 4) is 5.75 Å². The van der Waals surface area contributed by atoms with Crippen LogP contribution in [0, 0.1) is 0 Å². The van der Waals surface area contributed by atoms with Crippen molar-refractivity contribution in [2.45, 2.75) is 6.42 Å². The van der Waals surface area contributed by atoms with E-state index in [1.165, 1.54) is 18.4 Å². The molecule has 0 radical (unpaired) electrons. The molecule has 0 amide bonds. The van der Waals surface area contributed by atoms with Crippen LogP contribution in [0.2, 0.25) is 0 Å².